The topological polar surface area (TPSA) is 38.3 Å². The number of hydrogen-bond donors (Lipinski definition) is 1. The smallest absolute Gasteiger partial charge is 0.251 e. The van der Waals surface area contributed by atoms with Crippen molar-refractivity contribution in [2.45, 2.75) is 45.8 Å². The second-order valence-corrected chi connectivity index (χ2v) is 5.19. The zero-order chi connectivity index (χ0) is 13.1. The van der Waals surface area contributed by atoms with Gasteiger partial charge in [-0.25, -0.2) is 0 Å². The molecule has 2 atom stereocenters. The molecule has 0 unspecified atom stereocenters. The molecule has 0 aliphatic carbocycles. The molecule has 1 aliphatic rings. The molecule has 98 valence electrons. The van der Waals surface area contributed by atoms with Crippen LogP contribution < -0.4 is 5.32 Å². The average Bonchev–Trinajstić information content (AvgIpc) is 2.80. The van der Waals surface area contributed by atoms with Crippen molar-refractivity contribution in [2.75, 3.05) is 6.61 Å². The van der Waals surface area contributed by atoms with Crippen LogP contribution in [-0.2, 0) is 4.74 Å². The van der Waals surface area contributed by atoms with Gasteiger partial charge >= 0.3 is 0 Å². The normalized spacial score (nSPS) is 20.7. The van der Waals surface area contributed by atoms with Crippen molar-refractivity contribution < 1.29 is 9.53 Å². The first kappa shape index (κ1) is 13.1. The molecule has 1 aromatic rings. The van der Waals surface area contributed by atoms with E-state index in [0.717, 1.165) is 36.1 Å². The van der Waals surface area contributed by atoms with E-state index >= 15 is 0 Å². The van der Waals surface area contributed by atoms with Crippen LogP contribution in [0.25, 0.3) is 0 Å². The first-order valence-corrected chi connectivity index (χ1v) is 6.57. The molecule has 1 aromatic carbocycles. The maximum atomic E-state index is 12.1. The molecule has 3 nitrogen and oxygen atoms in total. The number of nitrogens with one attached hydrogen (secondary N) is 1. The predicted octanol–water partition coefficient (Wildman–Crippen LogP) is 2.60. The lowest BCUT2D eigenvalue weighted by Crippen LogP contribution is -2.40. The summed E-state index contributed by atoms with van der Waals surface area (Å²) in [5.74, 6) is -0.00944. The van der Waals surface area contributed by atoms with Crippen LogP contribution in [0.5, 0.6) is 0 Å². The molecule has 1 heterocycles. The van der Waals surface area contributed by atoms with Gasteiger partial charge in [-0.3, -0.25) is 4.79 Å². The Balaban J connectivity index is 2.02. The zero-order valence-corrected chi connectivity index (χ0v) is 11.3. The van der Waals surface area contributed by atoms with E-state index in [0.29, 0.717) is 0 Å². The van der Waals surface area contributed by atoms with E-state index in [2.05, 4.69) is 11.4 Å². The van der Waals surface area contributed by atoms with Gasteiger partial charge in [0.05, 0.1) is 12.1 Å². The summed E-state index contributed by atoms with van der Waals surface area (Å²) in [7, 11) is 0. The van der Waals surface area contributed by atoms with Gasteiger partial charge in [-0.05, 0) is 45.7 Å². The van der Waals surface area contributed by atoms with Gasteiger partial charge in [0.1, 0.15) is 0 Å². The van der Waals surface area contributed by atoms with E-state index in [4.69, 9.17) is 4.74 Å². The maximum absolute atomic E-state index is 12.1. The number of carbonyl (C=O) groups is 1. The van der Waals surface area contributed by atoms with Crippen molar-refractivity contribution in [1.82, 2.24) is 5.32 Å². The van der Waals surface area contributed by atoms with Crippen molar-refractivity contribution in [1.29, 1.82) is 0 Å². The number of benzene rings is 1. The van der Waals surface area contributed by atoms with Crippen LogP contribution in [0, 0.1) is 13.8 Å². The van der Waals surface area contributed by atoms with E-state index in [1.54, 1.807) is 0 Å². The molecule has 0 radical (unpaired) electrons. The van der Waals surface area contributed by atoms with Crippen LogP contribution in [-0.4, -0.2) is 24.7 Å². The molecule has 1 aliphatic heterocycles. The summed E-state index contributed by atoms with van der Waals surface area (Å²) in [5, 5.41) is 3.03. The molecular formula is C15H21NO2. The summed E-state index contributed by atoms with van der Waals surface area (Å²) >= 11 is 0. The van der Waals surface area contributed by atoms with Crippen molar-refractivity contribution in [2.24, 2.45) is 0 Å². The number of carbonyl (C=O) groups excluding carboxylic acids is 1. The lowest BCUT2D eigenvalue weighted by molar-refractivity contribution is 0.0712. The zero-order valence-electron chi connectivity index (χ0n) is 11.3. The monoisotopic (exact) mass is 247 g/mol. The summed E-state index contributed by atoms with van der Waals surface area (Å²) in [6.45, 7) is 6.84. The minimum absolute atomic E-state index is 0.00944. The molecule has 1 fully saturated rings. The van der Waals surface area contributed by atoms with Gasteiger partial charge in [0.15, 0.2) is 0 Å². The van der Waals surface area contributed by atoms with Crippen molar-refractivity contribution in [3.8, 4) is 0 Å². The second kappa shape index (κ2) is 5.53. The Bertz CT molecular complexity index is 416. The molecule has 0 aromatic heterocycles. The van der Waals surface area contributed by atoms with Crippen LogP contribution in [0.15, 0.2) is 18.2 Å². The Morgan fingerprint density at radius 3 is 2.56 bits per heavy atom. The Morgan fingerprint density at radius 2 is 2.00 bits per heavy atom. The van der Waals surface area contributed by atoms with Crippen molar-refractivity contribution >= 4 is 5.91 Å². The summed E-state index contributed by atoms with van der Waals surface area (Å²) in [4.78, 5) is 12.1. The molecular weight excluding hydrogens is 226 g/mol. The van der Waals surface area contributed by atoms with Crippen LogP contribution in [0.4, 0.5) is 0 Å². The van der Waals surface area contributed by atoms with Gasteiger partial charge in [0, 0.05) is 12.2 Å². The van der Waals surface area contributed by atoms with Crippen LogP contribution in [0.3, 0.4) is 0 Å². The Labute approximate surface area is 109 Å². The number of ether oxygens (including phenoxy) is 1. The van der Waals surface area contributed by atoms with Gasteiger partial charge < -0.3 is 10.1 Å². The lowest BCUT2D eigenvalue weighted by atomic mass is 10.1. The number of hydrogen-bond acceptors (Lipinski definition) is 2. The minimum atomic E-state index is -0.00944. The summed E-state index contributed by atoms with van der Waals surface area (Å²) < 4.78 is 5.58. The fourth-order valence-corrected chi connectivity index (χ4v) is 2.49. The molecule has 3 heteroatoms. The molecule has 0 spiro atoms. The second-order valence-electron chi connectivity index (χ2n) is 5.19. The summed E-state index contributed by atoms with van der Waals surface area (Å²) in [6, 6.07) is 5.98. The van der Waals surface area contributed by atoms with E-state index in [9.17, 15) is 4.79 Å². The number of rotatable bonds is 3. The lowest BCUT2D eigenvalue weighted by Gasteiger charge is -2.20. The Morgan fingerprint density at radius 1 is 1.33 bits per heavy atom. The highest BCUT2D eigenvalue weighted by Crippen LogP contribution is 2.16. The molecule has 1 N–H and O–H groups in total. The summed E-state index contributed by atoms with van der Waals surface area (Å²) in [5.41, 5.74) is 2.96. The molecule has 18 heavy (non-hydrogen) atoms. The summed E-state index contributed by atoms with van der Waals surface area (Å²) in [6.07, 6.45) is 2.29. The van der Waals surface area contributed by atoms with Crippen LogP contribution >= 0.6 is 0 Å². The van der Waals surface area contributed by atoms with Crippen LogP contribution in [0.2, 0.25) is 0 Å². The molecule has 1 amide bonds. The van der Waals surface area contributed by atoms with Gasteiger partial charge in [-0.1, -0.05) is 17.2 Å². The number of amides is 1. The quantitative estimate of drug-likeness (QED) is 0.891. The molecule has 2 rings (SSSR count). The van der Waals surface area contributed by atoms with E-state index in [1.807, 2.05) is 32.9 Å². The van der Waals surface area contributed by atoms with Crippen LogP contribution in [0.1, 0.15) is 41.3 Å². The van der Waals surface area contributed by atoms with Gasteiger partial charge in [0.25, 0.3) is 5.91 Å². The molecule has 0 bridgehead atoms. The molecule has 0 saturated carbocycles. The van der Waals surface area contributed by atoms with E-state index < -0.39 is 0 Å². The highest BCUT2D eigenvalue weighted by Gasteiger charge is 2.23. The third-order valence-corrected chi connectivity index (χ3v) is 3.37. The fraction of sp³-hybridized carbons (Fsp3) is 0.533. The Kier molecular flexibility index (Phi) is 4.02. The fourth-order valence-electron chi connectivity index (χ4n) is 2.49. The highest BCUT2D eigenvalue weighted by molar-refractivity contribution is 5.94. The SMILES string of the molecule is Cc1cc(C)cc(C(=O)N[C@@H](C)[C@@H]2CCCO2)c1. The van der Waals surface area contributed by atoms with Gasteiger partial charge in [0.2, 0.25) is 0 Å². The highest BCUT2D eigenvalue weighted by atomic mass is 16.5. The van der Waals surface area contributed by atoms with Gasteiger partial charge in [-0.2, -0.15) is 0 Å². The minimum Gasteiger partial charge on any atom is -0.376 e. The van der Waals surface area contributed by atoms with E-state index in [-0.39, 0.29) is 18.1 Å². The predicted molar refractivity (Wildman–Crippen MR) is 71.8 cm³/mol. The van der Waals surface area contributed by atoms with E-state index in [1.165, 1.54) is 0 Å². The average molecular weight is 247 g/mol. The van der Waals surface area contributed by atoms with Crippen molar-refractivity contribution in [3.05, 3.63) is 34.9 Å². The maximum Gasteiger partial charge on any atom is 0.251 e. The largest absolute Gasteiger partial charge is 0.376 e. The standard InChI is InChI=1S/C15H21NO2/c1-10-7-11(2)9-13(8-10)15(17)16-12(3)14-5-4-6-18-14/h7-9,12,14H,4-6H2,1-3H3,(H,16,17)/t12-,14-/m0/s1. The van der Waals surface area contributed by atoms with Crippen molar-refractivity contribution in [3.63, 3.8) is 0 Å². The third kappa shape index (κ3) is 3.10. The Hall–Kier alpha value is -1.35. The van der Waals surface area contributed by atoms with Gasteiger partial charge in [-0.15, -0.1) is 0 Å². The number of aryl methyl sites for hydroxylation is 2. The third-order valence-electron chi connectivity index (χ3n) is 3.37. The molecule has 1 saturated heterocycles. The first-order valence-electron chi connectivity index (χ1n) is 6.57. The first-order chi connectivity index (χ1) is 8.56.